The number of nitrogens with zero attached hydrogens (tertiary/aromatic N) is 2. The summed E-state index contributed by atoms with van der Waals surface area (Å²) in [5, 5.41) is 3.74. The third kappa shape index (κ3) is 4.78. The zero-order chi connectivity index (χ0) is 18.0. The van der Waals surface area contributed by atoms with Crippen molar-refractivity contribution >= 4 is 31.4 Å². The molecule has 0 bridgehead atoms. The minimum atomic E-state index is -1.76. The van der Waals surface area contributed by atoms with Gasteiger partial charge in [0.25, 0.3) is 0 Å². The van der Waals surface area contributed by atoms with Gasteiger partial charge in [-0.15, -0.1) is 0 Å². The molecule has 0 radical (unpaired) electrons. The first-order valence-electron chi connectivity index (χ1n) is 8.07. The van der Waals surface area contributed by atoms with Gasteiger partial charge in [0.2, 0.25) is 5.28 Å². The maximum absolute atomic E-state index is 6.31. The average Bonchev–Trinajstić information content (AvgIpc) is 2.47. The molecule has 130 valence electrons. The monoisotopic (exact) mass is 363 g/mol. The minimum Gasteiger partial charge on any atom is -0.413 e. The molecule has 0 saturated carbocycles. The Morgan fingerprint density at radius 1 is 1.21 bits per heavy atom. The molecule has 24 heavy (non-hydrogen) atoms. The van der Waals surface area contributed by atoms with Gasteiger partial charge in [0.15, 0.2) is 8.32 Å². The lowest BCUT2D eigenvalue weighted by Crippen LogP contribution is -2.40. The Morgan fingerprint density at radius 3 is 2.54 bits per heavy atom. The van der Waals surface area contributed by atoms with Crippen LogP contribution in [-0.2, 0) is 11.0 Å². The van der Waals surface area contributed by atoms with Crippen LogP contribution >= 0.6 is 11.6 Å². The van der Waals surface area contributed by atoms with Gasteiger partial charge in [-0.1, -0.05) is 32.9 Å². The number of aryl methyl sites for hydroxylation is 1. The van der Waals surface area contributed by atoms with Crippen molar-refractivity contribution in [1.29, 1.82) is 0 Å². The molecule has 2 aromatic rings. The summed E-state index contributed by atoms with van der Waals surface area (Å²) < 4.78 is 6.31. The van der Waals surface area contributed by atoms with Crippen LogP contribution in [0, 0.1) is 6.92 Å². The fourth-order valence-electron chi connectivity index (χ4n) is 1.92. The molecule has 0 aliphatic carbocycles. The van der Waals surface area contributed by atoms with E-state index in [2.05, 4.69) is 74.3 Å². The number of rotatable bonds is 5. The lowest BCUT2D eigenvalue weighted by Gasteiger charge is -2.36. The van der Waals surface area contributed by atoms with Gasteiger partial charge < -0.3 is 9.74 Å². The lowest BCUT2D eigenvalue weighted by molar-refractivity contribution is 0.276. The minimum absolute atomic E-state index is 0.205. The summed E-state index contributed by atoms with van der Waals surface area (Å²) in [6.07, 6.45) is 1.64. The second kappa shape index (κ2) is 7.21. The quantitative estimate of drug-likeness (QED) is 0.546. The van der Waals surface area contributed by atoms with E-state index in [1.165, 1.54) is 0 Å². The molecule has 0 fully saturated rings. The zero-order valence-corrected chi connectivity index (χ0v) is 17.0. The van der Waals surface area contributed by atoms with Crippen LogP contribution in [0.25, 0.3) is 0 Å². The first kappa shape index (κ1) is 18.9. The highest BCUT2D eigenvalue weighted by molar-refractivity contribution is 6.74. The zero-order valence-electron chi connectivity index (χ0n) is 15.3. The van der Waals surface area contributed by atoms with Crippen LogP contribution in [0.2, 0.25) is 23.4 Å². The summed E-state index contributed by atoms with van der Waals surface area (Å²) in [7, 11) is -1.76. The van der Waals surface area contributed by atoms with Crippen LogP contribution in [0.4, 0.5) is 11.5 Å². The predicted octanol–water partition coefficient (Wildman–Crippen LogP) is 5.70. The molecule has 0 saturated heterocycles. The van der Waals surface area contributed by atoms with Crippen LogP contribution in [0.15, 0.2) is 30.5 Å². The van der Waals surface area contributed by atoms with E-state index in [1.807, 2.05) is 0 Å². The molecule has 1 aromatic carbocycles. The van der Waals surface area contributed by atoms with Gasteiger partial charge >= 0.3 is 0 Å². The van der Waals surface area contributed by atoms with Crippen molar-refractivity contribution < 1.29 is 4.43 Å². The van der Waals surface area contributed by atoms with E-state index in [-0.39, 0.29) is 10.3 Å². The van der Waals surface area contributed by atoms with E-state index in [1.54, 1.807) is 12.3 Å². The molecular formula is C18H26ClN3OSi. The van der Waals surface area contributed by atoms with E-state index in [9.17, 15) is 0 Å². The highest BCUT2D eigenvalue weighted by atomic mass is 35.5. The predicted molar refractivity (Wildman–Crippen MR) is 103 cm³/mol. The first-order valence-corrected chi connectivity index (χ1v) is 11.4. The number of halogens is 1. The third-order valence-corrected chi connectivity index (χ3v) is 9.26. The van der Waals surface area contributed by atoms with Gasteiger partial charge in [0, 0.05) is 11.9 Å². The summed E-state index contributed by atoms with van der Waals surface area (Å²) in [5.41, 5.74) is 3.29. The van der Waals surface area contributed by atoms with E-state index in [4.69, 9.17) is 16.0 Å². The van der Waals surface area contributed by atoms with Crippen LogP contribution in [-0.4, -0.2) is 18.3 Å². The van der Waals surface area contributed by atoms with Crippen molar-refractivity contribution in [3.8, 4) is 0 Å². The van der Waals surface area contributed by atoms with Crippen molar-refractivity contribution in [3.05, 3.63) is 46.9 Å². The van der Waals surface area contributed by atoms with Gasteiger partial charge in [-0.25, -0.2) is 9.97 Å². The topological polar surface area (TPSA) is 47.0 Å². The summed E-state index contributed by atoms with van der Waals surface area (Å²) in [5.74, 6) is 0.681. The summed E-state index contributed by atoms with van der Waals surface area (Å²) in [6, 6.07) is 8.11. The molecular weight excluding hydrogens is 338 g/mol. The Balaban J connectivity index is 2.14. The summed E-state index contributed by atoms with van der Waals surface area (Å²) >= 11 is 5.85. The maximum atomic E-state index is 6.31. The number of nitrogens with one attached hydrogen (secondary N) is 1. The van der Waals surface area contributed by atoms with Crippen molar-refractivity contribution in [1.82, 2.24) is 9.97 Å². The molecule has 0 aliphatic heterocycles. The number of hydrogen-bond donors (Lipinski definition) is 1. The van der Waals surface area contributed by atoms with Crippen molar-refractivity contribution in [2.24, 2.45) is 0 Å². The molecule has 2 rings (SSSR count). The van der Waals surface area contributed by atoms with Crippen LogP contribution < -0.4 is 5.32 Å². The third-order valence-electron chi connectivity index (χ3n) is 4.60. The van der Waals surface area contributed by atoms with E-state index in [0.717, 1.165) is 16.8 Å². The van der Waals surface area contributed by atoms with Gasteiger partial charge in [-0.3, -0.25) is 0 Å². The molecule has 0 spiro atoms. The Morgan fingerprint density at radius 2 is 1.92 bits per heavy atom. The van der Waals surface area contributed by atoms with E-state index in [0.29, 0.717) is 12.4 Å². The van der Waals surface area contributed by atoms with Gasteiger partial charge in [0.05, 0.1) is 6.61 Å². The molecule has 0 amide bonds. The Kier molecular flexibility index (Phi) is 5.68. The van der Waals surface area contributed by atoms with E-state index < -0.39 is 8.32 Å². The summed E-state index contributed by atoms with van der Waals surface area (Å²) in [6.45, 7) is 14.0. The Hall–Kier alpha value is -1.43. The van der Waals surface area contributed by atoms with Crippen molar-refractivity contribution in [2.45, 2.75) is 52.4 Å². The van der Waals surface area contributed by atoms with Gasteiger partial charge in [-0.05, 0) is 59.9 Å². The van der Waals surface area contributed by atoms with Crippen molar-refractivity contribution in [3.63, 3.8) is 0 Å². The lowest BCUT2D eigenvalue weighted by atomic mass is 10.1. The first-order chi connectivity index (χ1) is 11.1. The molecule has 0 aliphatic rings. The molecule has 1 N–H and O–H groups in total. The molecule has 6 heteroatoms. The SMILES string of the molecule is Cc1ccc(CO[Si](C)(C)C(C)(C)C)cc1Nc1ccnc(Cl)n1. The second-order valence-corrected chi connectivity index (χ2v) is 12.7. The number of anilines is 2. The number of benzene rings is 1. The molecule has 0 atom stereocenters. The van der Waals surface area contributed by atoms with Crippen molar-refractivity contribution in [2.75, 3.05) is 5.32 Å². The normalized spacial score (nSPS) is 12.3. The van der Waals surface area contributed by atoms with E-state index >= 15 is 0 Å². The Bertz CT molecular complexity index is 714. The standard InChI is InChI=1S/C18H26ClN3OSi/c1-13-7-8-14(12-23-24(5,6)18(2,3)4)11-15(13)21-16-9-10-20-17(19)22-16/h7-11H,12H2,1-6H3,(H,20,21,22). The fourth-order valence-corrected chi connectivity index (χ4v) is 3.02. The van der Waals surface area contributed by atoms with Crippen LogP contribution in [0.1, 0.15) is 31.9 Å². The van der Waals surface area contributed by atoms with Crippen LogP contribution in [0.3, 0.4) is 0 Å². The smallest absolute Gasteiger partial charge is 0.224 e. The fraction of sp³-hybridized carbons (Fsp3) is 0.444. The van der Waals surface area contributed by atoms with Crippen LogP contribution in [0.5, 0.6) is 0 Å². The number of hydrogen-bond acceptors (Lipinski definition) is 4. The molecule has 0 unspecified atom stereocenters. The highest BCUT2D eigenvalue weighted by Crippen LogP contribution is 2.37. The number of aromatic nitrogens is 2. The second-order valence-electron chi connectivity index (χ2n) is 7.53. The Labute approximate surface area is 150 Å². The largest absolute Gasteiger partial charge is 0.413 e. The van der Waals surface area contributed by atoms with Gasteiger partial charge in [0.1, 0.15) is 5.82 Å². The van der Waals surface area contributed by atoms with Gasteiger partial charge in [-0.2, -0.15) is 0 Å². The summed E-state index contributed by atoms with van der Waals surface area (Å²) in [4.78, 5) is 8.08. The molecule has 1 heterocycles. The highest BCUT2D eigenvalue weighted by Gasteiger charge is 2.37. The molecule has 4 nitrogen and oxygen atoms in total. The maximum Gasteiger partial charge on any atom is 0.224 e. The average molecular weight is 364 g/mol. The molecule has 1 aromatic heterocycles.